The van der Waals surface area contributed by atoms with Crippen LogP contribution in [0.25, 0.3) is 5.82 Å². The van der Waals surface area contributed by atoms with Crippen LogP contribution >= 0.6 is 0 Å². The first-order valence-corrected chi connectivity index (χ1v) is 4.60. The average molecular weight is 210 g/mol. The Balaban J connectivity index is 2.70. The smallest absolute Gasteiger partial charge is 0.223 e. The molecule has 0 unspecified atom stereocenters. The number of hydrogen-bond acceptors (Lipinski definition) is 3. The molecule has 0 bridgehead atoms. The number of nitriles is 2. The molecule has 0 N–H and O–H groups in total. The molecular weight excluding hydrogens is 202 g/mol. The number of imidazole rings is 1. The van der Waals surface area contributed by atoms with Gasteiger partial charge in [-0.2, -0.15) is 15.1 Å². The van der Waals surface area contributed by atoms with Crippen LogP contribution in [0.15, 0.2) is 30.7 Å². The highest BCUT2D eigenvalue weighted by molar-refractivity contribution is 5.38. The first-order chi connectivity index (χ1) is 7.77. The highest BCUT2D eigenvalue weighted by atomic mass is 15.2. The lowest BCUT2D eigenvalue weighted by Gasteiger charge is -1.92. The van der Waals surface area contributed by atoms with Gasteiger partial charge in [-0.1, -0.05) is 6.07 Å². The van der Waals surface area contributed by atoms with Gasteiger partial charge in [0.25, 0.3) is 17.7 Å². The number of hydrogen-bond donors (Lipinski definition) is 0. The van der Waals surface area contributed by atoms with Gasteiger partial charge < -0.3 is 0 Å². The average Bonchev–Trinajstić information content (AvgIpc) is 2.66. The van der Waals surface area contributed by atoms with E-state index in [0.29, 0.717) is 17.2 Å². The highest BCUT2D eigenvalue weighted by Crippen LogP contribution is 2.09. The Morgan fingerprint density at radius 2 is 2.12 bits per heavy atom. The predicted octanol–water partition coefficient (Wildman–Crippen LogP) is 0.440. The highest BCUT2D eigenvalue weighted by Gasteiger charge is 2.22. The van der Waals surface area contributed by atoms with Crippen LogP contribution in [-0.2, 0) is 7.05 Å². The van der Waals surface area contributed by atoms with Crippen molar-refractivity contribution in [1.29, 1.82) is 10.5 Å². The van der Waals surface area contributed by atoms with Crippen LogP contribution in [0.2, 0.25) is 0 Å². The number of nitrogens with zero attached hydrogens (tertiary/aromatic N) is 5. The van der Waals surface area contributed by atoms with Gasteiger partial charge in [0, 0.05) is 12.3 Å². The minimum atomic E-state index is 0.295. The Hall–Kier alpha value is -2.66. The van der Waals surface area contributed by atoms with Crippen molar-refractivity contribution in [2.24, 2.45) is 7.05 Å². The van der Waals surface area contributed by atoms with Gasteiger partial charge in [-0.25, -0.2) is 9.55 Å². The first-order valence-electron chi connectivity index (χ1n) is 4.60. The van der Waals surface area contributed by atoms with E-state index in [9.17, 15) is 0 Å². The zero-order valence-corrected chi connectivity index (χ0v) is 8.62. The van der Waals surface area contributed by atoms with Crippen LogP contribution in [-0.4, -0.2) is 9.55 Å². The van der Waals surface area contributed by atoms with E-state index < -0.39 is 0 Å². The van der Waals surface area contributed by atoms with Crippen molar-refractivity contribution in [3.8, 4) is 18.0 Å². The largest absolute Gasteiger partial charge is 0.269 e. The fraction of sp³-hybridized carbons (Fsp3) is 0.0909. The monoisotopic (exact) mass is 210 g/mol. The number of aromatic nitrogens is 3. The quantitative estimate of drug-likeness (QED) is 0.641. The van der Waals surface area contributed by atoms with Crippen LogP contribution < -0.4 is 4.57 Å². The van der Waals surface area contributed by atoms with Gasteiger partial charge in [0.05, 0.1) is 7.05 Å². The Morgan fingerprint density at radius 1 is 1.31 bits per heavy atom. The van der Waals surface area contributed by atoms with E-state index in [1.54, 1.807) is 40.8 Å². The predicted molar refractivity (Wildman–Crippen MR) is 54.2 cm³/mol. The molecule has 76 valence electrons. The van der Waals surface area contributed by atoms with Gasteiger partial charge in [0.2, 0.25) is 5.82 Å². The summed E-state index contributed by atoms with van der Waals surface area (Å²) in [4.78, 5) is 4.14. The van der Waals surface area contributed by atoms with Crippen LogP contribution in [0, 0.1) is 22.7 Å². The van der Waals surface area contributed by atoms with Gasteiger partial charge in [-0.3, -0.25) is 0 Å². The lowest BCUT2D eigenvalue weighted by Crippen LogP contribution is -2.28. The van der Waals surface area contributed by atoms with Gasteiger partial charge in [0.1, 0.15) is 12.1 Å². The summed E-state index contributed by atoms with van der Waals surface area (Å²) in [6.45, 7) is 0. The van der Waals surface area contributed by atoms with E-state index in [2.05, 4.69) is 4.98 Å². The minimum Gasteiger partial charge on any atom is -0.223 e. The number of aryl methyl sites for hydroxylation is 1. The lowest BCUT2D eigenvalue weighted by molar-refractivity contribution is -0.673. The molecule has 0 atom stereocenters. The van der Waals surface area contributed by atoms with E-state index in [0.717, 1.165) is 0 Å². The zero-order valence-electron chi connectivity index (χ0n) is 8.62. The SMILES string of the molecule is C[n+]1cn(-c2ccccn2)c(C#N)c1C#N. The van der Waals surface area contributed by atoms with E-state index in [-0.39, 0.29) is 0 Å². The minimum absolute atomic E-state index is 0.295. The molecular formula is C11H8N5+. The van der Waals surface area contributed by atoms with Crippen molar-refractivity contribution in [3.63, 3.8) is 0 Å². The standard InChI is InChI=1S/C11H8N5/c1-15-8-16(10(7-13)9(15)6-12)11-4-2-3-5-14-11/h2-5,8H,1H3/q+1. The maximum absolute atomic E-state index is 9.04. The zero-order chi connectivity index (χ0) is 11.5. The molecule has 0 fully saturated rings. The van der Waals surface area contributed by atoms with Crippen molar-refractivity contribution < 1.29 is 4.57 Å². The van der Waals surface area contributed by atoms with Gasteiger partial charge in [-0.15, -0.1) is 0 Å². The molecule has 0 spiro atoms. The van der Waals surface area contributed by atoms with Crippen molar-refractivity contribution in [2.75, 3.05) is 0 Å². The van der Waals surface area contributed by atoms with Gasteiger partial charge in [-0.05, 0) is 6.07 Å². The van der Waals surface area contributed by atoms with Crippen LogP contribution in [0.3, 0.4) is 0 Å². The second-order valence-corrected chi connectivity index (χ2v) is 3.21. The molecule has 0 amide bonds. The molecule has 0 aliphatic rings. The Labute approximate surface area is 92.4 Å². The number of rotatable bonds is 1. The fourth-order valence-corrected chi connectivity index (χ4v) is 1.48. The third-order valence-electron chi connectivity index (χ3n) is 2.21. The molecule has 5 nitrogen and oxygen atoms in total. The third-order valence-corrected chi connectivity index (χ3v) is 2.21. The molecule has 0 saturated carbocycles. The van der Waals surface area contributed by atoms with Crippen molar-refractivity contribution in [3.05, 3.63) is 42.1 Å². The summed E-state index contributed by atoms with van der Waals surface area (Å²) in [7, 11) is 1.72. The molecule has 2 aromatic rings. The summed E-state index contributed by atoms with van der Waals surface area (Å²) in [6.07, 6.45) is 3.31. The van der Waals surface area contributed by atoms with E-state index in [1.165, 1.54) is 0 Å². The summed E-state index contributed by atoms with van der Waals surface area (Å²) in [6, 6.07) is 9.42. The Morgan fingerprint density at radius 3 is 2.69 bits per heavy atom. The normalized spacial score (nSPS) is 9.44. The molecule has 0 aliphatic heterocycles. The molecule has 0 aliphatic carbocycles. The second-order valence-electron chi connectivity index (χ2n) is 3.21. The third kappa shape index (κ3) is 1.41. The lowest BCUT2D eigenvalue weighted by atomic mass is 10.3. The van der Waals surface area contributed by atoms with Crippen molar-refractivity contribution in [1.82, 2.24) is 9.55 Å². The van der Waals surface area contributed by atoms with Crippen LogP contribution in [0.4, 0.5) is 0 Å². The van der Waals surface area contributed by atoms with Crippen LogP contribution in [0.1, 0.15) is 11.4 Å². The summed E-state index contributed by atoms with van der Waals surface area (Å²) >= 11 is 0. The molecule has 0 saturated heterocycles. The first kappa shape index (κ1) is 9.88. The fourth-order valence-electron chi connectivity index (χ4n) is 1.48. The van der Waals surface area contributed by atoms with Crippen molar-refractivity contribution in [2.45, 2.75) is 0 Å². The van der Waals surface area contributed by atoms with Gasteiger partial charge >= 0.3 is 0 Å². The summed E-state index contributed by atoms with van der Waals surface area (Å²) < 4.78 is 3.20. The Bertz CT molecular complexity index is 598. The molecule has 5 heteroatoms. The van der Waals surface area contributed by atoms with E-state index in [1.807, 2.05) is 18.2 Å². The molecule has 2 aromatic heterocycles. The Kier molecular flexibility index (Phi) is 2.37. The van der Waals surface area contributed by atoms with E-state index in [4.69, 9.17) is 10.5 Å². The maximum Gasteiger partial charge on any atom is 0.269 e. The van der Waals surface area contributed by atoms with Crippen LogP contribution in [0.5, 0.6) is 0 Å². The molecule has 2 heterocycles. The molecule has 2 rings (SSSR count). The molecule has 0 radical (unpaired) electrons. The maximum atomic E-state index is 9.04. The van der Waals surface area contributed by atoms with Crippen molar-refractivity contribution >= 4 is 0 Å². The number of pyridine rings is 1. The molecule has 0 aromatic carbocycles. The van der Waals surface area contributed by atoms with Gasteiger partial charge in [0.15, 0.2) is 0 Å². The summed E-state index contributed by atoms with van der Waals surface area (Å²) in [5.74, 6) is 0.621. The molecule has 16 heavy (non-hydrogen) atoms. The second kappa shape index (κ2) is 3.84. The van der Waals surface area contributed by atoms with E-state index >= 15 is 0 Å². The summed E-state index contributed by atoms with van der Waals surface area (Å²) in [5.41, 5.74) is 0.622. The topological polar surface area (TPSA) is 69.3 Å². The summed E-state index contributed by atoms with van der Waals surface area (Å²) in [5, 5.41) is 18.0.